The maximum absolute atomic E-state index is 6.09. The van der Waals surface area contributed by atoms with Crippen LogP contribution in [0.4, 0.5) is 0 Å². The van der Waals surface area contributed by atoms with Crippen molar-refractivity contribution in [2.24, 2.45) is 0 Å². The van der Waals surface area contributed by atoms with Crippen LogP contribution in [0.5, 0.6) is 0 Å². The summed E-state index contributed by atoms with van der Waals surface area (Å²) in [5, 5.41) is 4.40. The van der Waals surface area contributed by atoms with Crippen molar-refractivity contribution < 1.29 is 0 Å². The summed E-state index contributed by atoms with van der Waals surface area (Å²) in [4.78, 5) is 0. The fourth-order valence-corrected chi connectivity index (χ4v) is 3.27. The molecule has 1 nitrogen and oxygen atoms in total. The van der Waals surface area contributed by atoms with Gasteiger partial charge < -0.3 is 5.32 Å². The lowest BCUT2D eigenvalue weighted by atomic mass is 10.2. The van der Waals surface area contributed by atoms with Gasteiger partial charge in [-0.05, 0) is 31.0 Å². The zero-order valence-electron chi connectivity index (χ0n) is 8.71. The van der Waals surface area contributed by atoms with E-state index >= 15 is 0 Å². The Labute approximate surface area is 101 Å². The molecule has 1 heterocycles. The molecule has 0 aliphatic carbocycles. The normalized spacial score (nSPS) is 20.7. The molecule has 0 unspecified atom stereocenters. The van der Waals surface area contributed by atoms with E-state index in [9.17, 15) is 0 Å². The van der Waals surface area contributed by atoms with Crippen molar-refractivity contribution in [2.45, 2.75) is 24.6 Å². The van der Waals surface area contributed by atoms with Gasteiger partial charge in [-0.2, -0.15) is 11.8 Å². The van der Waals surface area contributed by atoms with E-state index in [2.05, 4.69) is 17.4 Å². The molecule has 1 aromatic carbocycles. The summed E-state index contributed by atoms with van der Waals surface area (Å²) in [6, 6.07) is 8.82. The van der Waals surface area contributed by atoms with Gasteiger partial charge in [0.05, 0.1) is 0 Å². The highest BCUT2D eigenvalue weighted by Gasteiger charge is 2.13. The molecular formula is C12H16ClNS. The molecule has 3 heteroatoms. The first-order valence-electron chi connectivity index (χ1n) is 5.41. The molecule has 0 radical (unpaired) electrons. The molecule has 15 heavy (non-hydrogen) atoms. The average molecular weight is 242 g/mol. The van der Waals surface area contributed by atoms with Gasteiger partial charge >= 0.3 is 0 Å². The summed E-state index contributed by atoms with van der Waals surface area (Å²) >= 11 is 8.06. The van der Waals surface area contributed by atoms with E-state index in [-0.39, 0.29) is 0 Å². The molecule has 1 N–H and O–H groups in total. The van der Waals surface area contributed by atoms with Crippen LogP contribution in [0.3, 0.4) is 0 Å². The number of hydrogen-bond acceptors (Lipinski definition) is 2. The molecule has 2 rings (SSSR count). The predicted octanol–water partition coefficient (Wildman–Crippen LogP) is 3.33. The Bertz CT molecular complexity index is 310. The van der Waals surface area contributed by atoms with Crippen LogP contribution in [-0.4, -0.2) is 18.3 Å². The van der Waals surface area contributed by atoms with E-state index in [1.54, 1.807) is 0 Å². The largest absolute Gasteiger partial charge is 0.313 e. The third kappa shape index (κ3) is 3.40. The summed E-state index contributed by atoms with van der Waals surface area (Å²) < 4.78 is 0. The summed E-state index contributed by atoms with van der Waals surface area (Å²) in [5.41, 5.74) is 1.25. The van der Waals surface area contributed by atoms with Crippen molar-refractivity contribution in [3.63, 3.8) is 0 Å². The summed E-state index contributed by atoms with van der Waals surface area (Å²) in [5.74, 6) is 2.23. The van der Waals surface area contributed by atoms with E-state index in [0.717, 1.165) is 16.8 Å². The highest BCUT2D eigenvalue weighted by atomic mass is 35.5. The monoisotopic (exact) mass is 241 g/mol. The minimum Gasteiger partial charge on any atom is -0.313 e. The Kier molecular flexibility index (Phi) is 4.36. The van der Waals surface area contributed by atoms with Crippen molar-refractivity contribution in [2.75, 3.05) is 12.3 Å². The lowest BCUT2D eigenvalue weighted by Gasteiger charge is -2.09. The quantitative estimate of drug-likeness (QED) is 0.868. The van der Waals surface area contributed by atoms with Gasteiger partial charge in [0.15, 0.2) is 0 Å². The molecule has 1 fully saturated rings. The highest BCUT2D eigenvalue weighted by Crippen LogP contribution is 2.22. The molecule has 0 spiro atoms. The lowest BCUT2D eigenvalue weighted by Crippen LogP contribution is -2.23. The second-order valence-corrected chi connectivity index (χ2v) is 5.34. The van der Waals surface area contributed by atoms with Gasteiger partial charge in [-0.25, -0.2) is 0 Å². The van der Waals surface area contributed by atoms with E-state index in [1.807, 2.05) is 23.9 Å². The summed E-state index contributed by atoms with van der Waals surface area (Å²) in [6.07, 6.45) is 2.66. The van der Waals surface area contributed by atoms with Crippen molar-refractivity contribution in [3.05, 3.63) is 34.9 Å². The third-order valence-electron chi connectivity index (χ3n) is 2.70. The second kappa shape index (κ2) is 5.78. The van der Waals surface area contributed by atoms with Gasteiger partial charge in [-0.3, -0.25) is 0 Å². The molecule has 0 saturated carbocycles. The van der Waals surface area contributed by atoms with Gasteiger partial charge in [0.1, 0.15) is 0 Å². The highest BCUT2D eigenvalue weighted by molar-refractivity contribution is 7.98. The minimum absolute atomic E-state index is 0.720. The maximum atomic E-state index is 6.09. The molecule has 82 valence electrons. The average Bonchev–Trinajstić information content (AvgIpc) is 2.74. The number of hydrogen-bond donors (Lipinski definition) is 1. The van der Waals surface area contributed by atoms with E-state index in [4.69, 9.17) is 11.6 Å². The van der Waals surface area contributed by atoms with Crippen molar-refractivity contribution in [3.8, 4) is 0 Å². The van der Waals surface area contributed by atoms with Gasteiger partial charge in [-0.1, -0.05) is 29.8 Å². The molecule has 0 bridgehead atoms. The fraction of sp³-hybridized carbons (Fsp3) is 0.500. The SMILES string of the molecule is Clc1ccccc1CSC[C@H]1CCCN1. The molecule has 1 aliphatic rings. The second-order valence-electron chi connectivity index (χ2n) is 3.90. The zero-order valence-corrected chi connectivity index (χ0v) is 10.3. The third-order valence-corrected chi connectivity index (χ3v) is 4.22. The Morgan fingerprint density at radius 1 is 1.40 bits per heavy atom. The van der Waals surface area contributed by atoms with Crippen LogP contribution in [0.15, 0.2) is 24.3 Å². The topological polar surface area (TPSA) is 12.0 Å². The van der Waals surface area contributed by atoms with Crippen LogP contribution in [0.1, 0.15) is 18.4 Å². The van der Waals surface area contributed by atoms with Crippen LogP contribution in [0.2, 0.25) is 5.02 Å². The number of rotatable bonds is 4. The Morgan fingerprint density at radius 3 is 3.00 bits per heavy atom. The first-order chi connectivity index (χ1) is 7.36. The molecule has 0 amide bonds. The number of thioether (sulfide) groups is 1. The lowest BCUT2D eigenvalue weighted by molar-refractivity contribution is 0.674. The zero-order chi connectivity index (χ0) is 10.5. The van der Waals surface area contributed by atoms with Crippen molar-refractivity contribution in [1.82, 2.24) is 5.32 Å². The Balaban J connectivity index is 1.75. The molecule has 0 aromatic heterocycles. The van der Waals surface area contributed by atoms with Crippen molar-refractivity contribution >= 4 is 23.4 Å². The van der Waals surface area contributed by atoms with Crippen LogP contribution in [0, 0.1) is 0 Å². The van der Waals surface area contributed by atoms with Gasteiger partial charge in [0.25, 0.3) is 0 Å². The molecule has 1 atom stereocenters. The number of nitrogens with one attached hydrogen (secondary N) is 1. The molecular weight excluding hydrogens is 226 g/mol. The summed E-state index contributed by atoms with van der Waals surface area (Å²) in [7, 11) is 0. The van der Waals surface area contributed by atoms with Gasteiger partial charge in [0, 0.05) is 22.6 Å². The van der Waals surface area contributed by atoms with Crippen LogP contribution in [-0.2, 0) is 5.75 Å². The predicted molar refractivity (Wildman–Crippen MR) is 68.6 cm³/mol. The number of halogens is 1. The molecule has 1 aromatic rings. The summed E-state index contributed by atoms with van der Waals surface area (Å²) in [6.45, 7) is 1.19. The first kappa shape index (κ1) is 11.3. The first-order valence-corrected chi connectivity index (χ1v) is 6.94. The Hall–Kier alpha value is -0.180. The van der Waals surface area contributed by atoms with Crippen LogP contribution < -0.4 is 5.32 Å². The maximum Gasteiger partial charge on any atom is 0.0446 e. The van der Waals surface area contributed by atoms with E-state index in [0.29, 0.717) is 0 Å². The molecule has 1 saturated heterocycles. The van der Waals surface area contributed by atoms with E-state index in [1.165, 1.54) is 30.7 Å². The smallest absolute Gasteiger partial charge is 0.0446 e. The van der Waals surface area contributed by atoms with Gasteiger partial charge in [-0.15, -0.1) is 0 Å². The van der Waals surface area contributed by atoms with Crippen molar-refractivity contribution in [1.29, 1.82) is 0 Å². The Morgan fingerprint density at radius 2 is 2.27 bits per heavy atom. The van der Waals surface area contributed by atoms with E-state index < -0.39 is 0 Å². The van der Waals surface area contributed by atoms with Gasteiger partial charge in [0.2, 0.25) is 0 Å². The number of benzene rings is 1. The van der Waals surface area contributed by atoms with Crippen LogP contribution in [0.25, 0.3) is 0 Å². The minimum atomic E-state index is 0.720. The fourth-order valence-electron chi connectivity index (χ4n) is 1.83. The molecule has 1 aliphatic heterocycles. The van der Waals surface area contributed by atoms with Crippen LogP contribution >= 0.6 is 23.4 Å². The standard InChI is InChI=1S/C12H16ClNS/c13-12-6-2-1-4-10(12)8-15-9-11-5-3-7-14-11/h1-2,4,6,11,14H,3,5,7-9H2/t11-/m1/s1.